The first kappa shape index (κ1) is 25.1. The van der Waals surface area contributed by atoms with E-state index in [1.165, 1.54) is 12.0 Å². The summed E-state index contributed by atoms with van der Waals surface area (Å²) in [6, 6.07) is 4.69. The van der Waals surface area contributed by atoms with Crippen LogP contribution >= 0.6 is 15.9 Å². The van der Waals surface area contributed by atoms with Crippen molar-refractivity contribution in [1.82, 2.24) is 10.2 Å². The Morgan fingerprint density at radius 2 is 1.82 bits per heavy atom. The highest BCUT2D eigenvalue weighted by molar-refractivity contribution is 9.10. The van der Waals surface area contributed by atoms with Crippen molar-refractivity contribution >= 4 is 39.7 Å². The van der Waals surface area contributed by atoms with Crippen molar-refractivity contribution in [3.05, 3.63) is 34.3 Å². The Labute approximate surface area is 200 Å². The van der Waals surface area contributed by atoms with Crippen LogP contribution in [0, 0.1) is 5.92 Å². The molecule has 0 radical (unpaired) electrons. The quantitative estimate of drug-likeness (QED) is 0.422. The van der Waals surface area contributed by atoms with Gasteiger partial charge in [-0.1, -0.05) is 41.9 Å². The minimum absolute atomic E-state index is 0.00166. The Morgan fingerprint density at radius 3 is 2.39 bits per heavy atom. The topological polar surface area (TPSA) is 120 Å². The van der Waals surface area contributed by atoms with E-state index in [0.29, 0.717) is 18.8 Å². The van der Waals surface area contributed by atoms with Crippen molar-refractivity contribution in [2.24, 2.45) is 5.92 Å². The standard InChI is InChI=1S/C22H27BrN2O8/c1-13(2)18(24-21(29)30-3)19(27)25-12-22(32-8-9-33-22)10-16(25)20(28)31-11-17(26)14-4-6-15(23)7-5-14/h4-7,13,16,18H,8-12H2,1-3H3,(H,24,29)/t16-,18-/m0/s1. The van der Waals surface area contributed by atoms with E-state index < -0.39 is 42.4 Å². The summed E-state index contributed by atoms with van der Waals surface area (Å²) in [5.74, 6) is -3.02. The third kappa shape index (κ3) is 5.90. The van der Waals surface area contributed by atoms with Crippen LogP contribution < -0.4 is 5.32 Å². The van der Waals surface area contributed by atoms with Crippen LogP contribution in [-0.2, 0) is 28.5 Å². The molecule has 1 aromatic carbocycles. The lowest BCUT2D eigenvalue weighted by atomic mass is 10.0. The lowest BCUT2D eigenvalue weighted by Gasteiger charge is -2.29. The molecule has 180 valence electrons. The third-order valence-corrected chi connectivity index (χ3v) is 6.09. The molecule has 2 saturated heterocycles. The number of carbonyl (C=O) groups is 4. The van der Waals surface area contributed by atoms with Crippen LogP contribution in [0.2, 0.25) is 0 Å². The number of rotatable bonds is 7. The molecule has 0 unspecified atom stereocenters. The van der Waals surface area contributed by atoms with E-state index >= 15 is 0 Å². The lowest BCUT2D eigenvalue weighted by Crippen LogP contribution is -2.54. The number of ether oxygens (including phenoxy) is 4. The Kier molecular flexibility index (Phi) is 8.09. The Balaban J connectivity index is 1.74. The van der Waals surface area contributed by atoms with Crippen molar-refractivity contribution in [3.8, 4) is 0 Å². The van der Waals surface area contributed by atoms with Crippen LogP contribution in [-0.4, -0.2) is 80.0 Å². The first-order valence-corrected chi connectivity index (χ1v) is 11.3. The maximum atomic E-state index is 13.4. The molecule has 11 heteroatoms. The smallest absolute Gasteiger partial charge is 0.407 e. The van der Waals surface area contributed by atoms with E-state index in [-0.39, 0.29) is 24.7 Å². The fourth-order valence-corrected chi connectivity index (χ4v) is 4.08. The summed E-state index contributed by atoms with van der Waals surface area (Å²) in [7, 11) is 1.20. The number of nitrogens with one attached hydrogen (secondary N) is 1. The summed E-state index contributed by atoms with van der Waals surface area (Å²) in [5.41, 5.74) is 0.395. The summed E-state index contributed by atoms with van der Waals surface area (Å²) >= 11 is 3.30. The van der Waals surface area contributed by atoms with Gasteiger partial charge in [-0.2, -0.15) is 0 Å². The monoisotopic (exact) mass is 526 g/mol. The van der Waals surface area contributed by atoms with E-state index in [1.54, 1.807) is 38.1 Å². The zero-order valence-corrected chi connectivity index (χ0v) is 20.3. The summed E-state index contributed by atoms with van der Waals surface area (Å²) in [6.45, 7) is 3.72. The minimum Gasteiger partial charge on any atom is -0.456 e. The van der Waals surface area contributed by atoms with Crippen molar-refractivity contribution < 1.29 is 38.1 Å². The molecule has 0 aliphatic carbocycles. The maximum absolute atomic E-state index is 13.4. The normalized spacial score (nSPS) is 20.0. The Morgan fingerprint density at radius 1 is 1.18 bits per heavy atom. The molecule has 1 N–H and O–H groups in total. The molecule has 2 aliphatic heterocycles. The molecule has 0 bridgehead atoms. The number of likely N-dealkylation sites (tertiary alicyclic amines) is 1. The van der Waals surface area contributed by atoms with Crippen LogP contribution in [0.25, 0.3) is 0 Å². The van der Waals surface area contributed by atoms with Crippen LogP contribution in [0.1, 0.15) is 30.6 Å². The second-order valence-corrected chi connectivity index (χ2v) is 9.10. The van der Waals surface area contributed by atoms with Crippen LogP contribution in [0.15, 0.2) is 28.7 Å². The average molecular weight is 527 g/mol. The van der Waals surface area contributed by atoms with Gasteiger partial charge in [0.1, 0.15) is 12.1 Å². The van der Waals surface area contributed by atoms with Gasteiger partial charge in [-0.05, 0) is 18.1 Å². The number of ketones is 1. The molecule has 0 aromatic heterocycles. The van der Waals surface area contributed by atoms with Gasteiger partial charge in [0, 0.05) is 16.5 Å². The van der Waals surface area contributed by atoms with E-state index in [2.05, 4.69) is 26.0 Å². The van der Waals surface area contributed by atoms with Crippen LogP contribution in [0.3, 0.4) is 0 Å². The Bertz CT molecular complexity index is 898. The molecule has 2 atom stereocenters. The van der Waals surface area contributed by atoms with Gasteiger partial charge in [-0.25, -0.2) is 9.59 Å². The number of amides is 2. The number of Topliss-reactive ketones (excluding diaryl/α,β-unsaturated/α-hetero) is 1. The maximum Gasteiger partial charge on any atom is 0.407 e. The van der Waals surface area contributed by atoms with Gasteiger partial charge < -0.3 is 29.2 Å². The van der Waals surface area contributed by atoms with Crippen molar-refractivity contribution in [1.29, 1.82) is 0 Å². The Hall–Kier alpha value is -2.50. The average Bonchev–Trinajstić information content (AvgIpc) is 3.42. The minimum atomic E-state index is -1.12. The molecule has 3 rings (SSSR count). The summed E-state index contributed by atoms with van der Waals surface area (Å²) in [6.07, 6.45) is -0.698. The van der Waals surface area contributed by atoms with Crippen LogP contribution in [0.5, 0.6) is 0 Å². The van der Waals surface area contributed by atoms with Crippen molar-refractivity contribution in [2.75, 3.05) is 33.5 Å². The number of nitrogens with zero attached hydrogens (tertiary/aromatic N) is 1. The number of hydrogen-bond donors (Lipinski definition) is 1. The fraction of sp³-hybridized carbons (Fsp3) is 0.545. The summed E-state index contributed by atoms with van der Waals surface area (Å²) in [5, 5.41) is 2.51. The highest BCUT2D eigenvalue weighted by Crippen LogP contribution is 2.36. The molecule has 33 heavy (non-hydrogen) atoms. The lowest BCUT2D eigenvalue weighted by molar-refractivity contribution is -0.153. The number of halogens is 1. The van der Waals surface area contributed by atoms with Crippen molar-refractivity contribution in [3.63, 3.8) is 0 Å². The van der Waals surface area contributed by atoms with Gasteiger partial charge >= 0.3 is 12.1 Å². The molecule has 1 spiro atoms. The molecular weight excluding hydrogens is 500 g/mol. The number of benzene rings is 1. The van der Waals surface area contributed by atoms with Gasteiger partial charge in [0.2, 0.25) is 5.91 Å². The summed E-state index contributed by atoms with van der Waals surface area (Å²) in [4.78, 5) is 51.8. The molecule has 0 saturated carbocycles. The van der Waals surface area contributed by atoms with Gasteiger partial charge in [-0.15, -0.1) is 0 Å². The molecule has 2 heterocycles. The van der Waals surface area contributed by atoms with E-state index in [0.717, 1.165) is 4.47 Å². The molecule has 2 amide bonds. The first-order valence-electron chi connectivity index (χ1n) is 10.5. The molecule has 2 fully saturated rings. The van der Waals surface area contributed by atoms with E-state index in [1.807, 2.05) is 0 Å². The highest BCUT2D eigenvalue weighted by Gasteiger charge is 2.54. The molecule has 1 aromatic rings. The number of alkyl carbamates (subject to hydrolysis) is 1. The SMILES string of the molecule is COC(=O)N[C@H](C(=O)N1CC2(C[C@H]1C(=O)OCC(=O)c1ccc(Br)cc1)OCCO2)C(C)C. The van der Waals surface area contributed by atoms with Gasteiger partial charge in [0.15, 0.2) is 18.2 Å². The zero-order valence-electron chi connectivity index (χ0n) is 18.7. The van der Waals surface area contributed by atoms with Gasteiger partial charge in [0.05, 0.1) is 26.9 Å². The second-order valence-electron chi connectivity index (χ2n) is 8.19. The molecule has 2 aliphatic rings. The fourth-order valence-electron chi connectivity index (χ4n) is 3.82. The van der Waals surface area contributed by atoms with Gasteiger partial charge in [-0.3, -0.25) is 9.59 Å². The predicted molar refractivity (Wildman–Crippen MR) is 118 cm³/mol. The first-order chi connectivity index (χ1) is 15.7. The number of hydrogen-bond acceptors (Lipinski definition) is 8. The third-order valence-electron chi connectivity index (χ3n) is 5.56. The number of methoxy groups -OCH3 is 1. The second kappa shape index (κ2) is 10.6. The number of esters is 1. The van der Waals surface area contributed by atoms with E-state index in [9.17, 15) is 19.2 Å². The predicted octanol–water partition coefficient (Wildman–Crippen LogP) is 1.90. The summed E-state index contributed by atoms with van der Waals surface area (Å²) < 4.78 is 22.1. The van der Waals surface area contributed by atoms with Crippen LogP contribution in [0.4, 0.5) is 4.79 Å². The highest BCUT2D eigenvalue weighted by atomic mass is 79.9. The van der Waals surface area contributed by atoms with Crippen molar-refractivity contribution in [2.45, 2.75) is 38.1 Å². The molecular formula is C22H27BrN2O8. The number of carbonyl (C=O) groups excluding carboxylic acids is 4. The van der Waals surface area contributed by atoms with Gasteiger partial charge in [0.25, 0.3) is 0 Å². The molecule has 10 nitrogen and oxygen atoms in total. The zero-order chi connectivity index (χ0) is 24.2. The largest absolute Gasteiger partial charge is 0.456 e. The van der Waals surface area contributed by atoms with E-state index in [4.69, 9.17) is 14.2 Å².